The molecule has 0 N–H and O–H groups in total. The highest BCUT2D eigenvalue weighted by Crippen LogP contribution is 2.60. The van der Waals surface area contributed by atoms with Crippen LogP contribution < -0.4 is 18.9 Å². The first kappa shape index (κ1) is 69.3. The van der Waals surface area contributed by atoms with Crippen LogP contribution in [0.15, 0.2) is 97.1 Å². The van der Waals surface area contributed by atoms with Crippen molar-refractivity contribution in [3.8, 4) is 23.0 Å². The van der Waals surface area contributed by atoms with Gasteiger partial charge in [-0.3, -0.25) is 0 Å². The predicted molar refractivity (Wildman–Crippen MR) is 342 cm³/mol. The molecule has 4 aromatic carbocycles. The highest BCUT2D eigenvalue weighted by atomic mass is 16.6. The normalized spacial score (nSPS) is 21.5. The first-order valence-electron chi connectivity index (χ1n) is 32.5. The van der Waals surface area contributed by atoms with Gasteiger partial charge in [-0.25, -0.2) is 14.4 Å². The van der Waals surface area contributed by atoms with E-state index in [0.717, 1.165) is 93.3 Å². The number of hydrogen-bond acceptors (Lipinski definition) is 10. The molecule has 5 saturated carbocycles. The number of rotatable bonds is 24. The lowest BCUT2D eigenvalue weighted by Crippen LogP contribution is -2.59. The Hall–Kier alpha value is -5.51. The summed E-state index contributed by atoms with van der Waals surface area (Å²) < 4.78 is 39.7. The molecular weight excluding hydrogens is 1050 g/mol. The van der Waals surface area contributed by atoms with Gasteiger partial charge in [-0.05, 0) is 255 Å². The standard InChI is InChI=1S/C24H34O3.C19H28O3.C16H24O3.C15H24O/c1-4-16(3)19-6-8-22(9-7-19)26-15-23(25)27-24(5-2)20-11-17-10-18(13-20)14-21(24)12-17;1-4-15(3)16-8-10-17(11-9-16)21-14-18(20)22-19(5-2)12-6-7-13-19;1-6-12(2)13-7-9-14(10-8-13)18-11-15(17)19-16(3,4)5;1-6-12(3)13-8-10-14(11-9-13)16-15(4,5)7-2/h6-9,16-18,20-21H,4-5,10-15H2,1-3H3;8-11,15H,4-7,12-14H2,1-3H3;7-10,12H,6,11H2,1-5H3;8-12H,6-7H2,1-5H3. The van der Waals surface area contributed by atoms with Gasteiger partial charge in [0.05, 0.1) is 0 Å². The van der Waals surface area contributed by atoms with Gasteiger partial charge >= 0.3 is 17.9 Å². The van der Waals surface area contributed by atoms with Crippen LogP contribution in [0.2, 0.25) is 0 Å². The lowest BCUT2D eigenvalue weighted by atomic mass is 9.49. The largest absolute Gasteiger partial charge is 0.488 e. The van der Waals surface area contributed by atoms with Crippen LogP contribution in [0.4, 0.5) is 0 Å². The molecule has 4 atom stereocenters. The Morgan fingerprint density at radius 1 is 0.452 bits per heavy atom. The summed E-state index contributed by atoms with van der Waals surface area (Å²) in [4.78, 5) is 36.2. The SMILES string of the molecule is CCC(C)c1ccc(OC(C)(C)CC)cc1.CCC(C)c1ccc(OCC(=O)OC(C)(C)C)cc1.CCC(C)c1ccc(OCC(=O)OC2(CC)C3CC4CC(C3)CC2C4)cc1.CCC(C)c1ccc(OCC(=O)OC2(CC)CCCC2)cc1. The summed E-state index contributed by atoms with van der Waals surface area (Å²) in [5.74, 6) is 7.49. The van der Waals surface area contributed by atoms with E-state index in [1.165, 1.54) is 60.8 Å². The maximum Gasteiger partial charge on any atom is 0.344 e. The molecule has 5 aliphatic rings. The van der Waals surface area contributed by atoms with Crippen molar-refractivity contribution in [3.05, 3.63) is 119 Å². The van der Waals surface area contributed by atoms with Crippen molar-refractivity contribution in [2.24, 2.45) is 23.7 Å². The minimum Gasteiger partial charge on any atom is -0.488 e. The van der Waals surface area contributed by atoms with E-state index in [1.54, 1.807) is 0 Å². The number of carbonyl (C=O) groups excluding carboxylic acids is 3. The molecule has 0 spiro atoms. The third-order valence-electron chi connectivity index (χ3n) is 18.8. The molecular formula is C74H110O10. The van der Waals surface area contributed by atoms with E-state index in [0.29, 0.717) is 41.3 Å². The van der Waals surface area contributed by atoms with E-state index in [2.05, 4.69) is 139 Å². The maximum atomic E-state index is 12.6. The van der Waals surface area contributed by atoms with Crippen molar-refractivity contribution >= 4 is 17.9 Å². The summed E-state index contributed by atoms with van der Waals surface area (Å²) in [6, 6.07) is 32.5. The summed E-state index contributed by atoms with van der Waals surface area (Å²) in [6.07, 6.45) is 18.1. The minimum absolute atomic E-state index is 0.00950. The highest BCUT2D eigenvalue weighted by Gasteiger charge is 2.58. The zero-order chi connectivity index (χ0) is 61.7. The van der Waals surface area contributed by atoms with Gasteiger partial charge in [0.1, 0.15) is 45.4 Å². The molecule has 4 bridgehead atoms. The van der Waals surface area contributed by atoms with Crippen molar-refractivity contribution in [1.82, 2.24) is 0 Å². The lowest BCUT2D eigenvalue weighted by Gasteiger charge is -2.60. The molecule has 0 saturated heterocycles. The Morgan fingerprint density at radius 2 is 0.786 bits per heavy atom. The van der Waals surface area contributed by atoms with Crippen LogP contribution in [0.3, 0.4) is 0 Å². The van der Waals surface area contributed by atoms with E-state index < -0.39 is 5.60 Å². The molecule has 4 aromatic rings. The van der Waals surface area contributed by atoms with Gasteiger partial charge in [0.25, 0.3) is 0 Å². The van der Waals surface area contributed by atoms with Crippen LogP contribution in [0.1, 0.15) is 259 Å². The average molecular weight is 1160 g/mol. The fourth-order valence-corrected chi connectivity index (χ4v) is 12.5. The number of ether oxygens (including phenoxy) is 7. The van der Waals surface area contributed by atoms with Gasteiger partial charge in [-0.2, -0.15) is 0 Å². The Kier molecular flexibility index (Phi) is 27.1. The molecule has 84 heavy (non-hydrogen) atoms. The summed E-state index contributed by atoms with van der Waals surface area (Å²) in [5.41, 5.74) is 4.28. The average Bonchev–Trinajstić information content (AvgIpc) is 1.29. The molecule has 0 aromatic heterocycles. The van der Waals surface area contributed by atoms with Gasteiger partial charge in [0, 0.05) is 0 Å². The minimum atomic E-state index is -0.471. The second-order valence-corrected chi connectivity index (χ2v) is 26.5. The molecule has 10 heteroatoms. The van der Waals surface area contributed by atoms with Gasteiger partial charge in [0.2, 0.25) is 0 Å². The third kappa shape index (κ3) is 21.2. The molecule has 0 amide bonds. The third-order valence-corrected chi connectivity index (χ3v) is 18.8. The van der Waals surface area contributed by atoms with E-state index in [4.69, 9.17) is 33.2 Å². The first-order chi connectivity index (χ1) is 39.9. The van der Waals surface area contributed by atoms with E-state index in [-0.39, 0.29) is 54.5 Å². The molecule has 4 unspecified atom stereocenters. The Labute approximate surface area is 508 Å². The monoisotopic (exact) mass is 1160 g/mol. The van der Waals surface area contributed by atoms with Crippen molar-refractivity contribution in [2.45, 2.75) is 260 Å². The van der Waals surface area contributed by atoms with Crippen molar-refractivity contribution in [3.63, 3.8) is 0 Å². The quantitative estimate of drug-likeness (QED) is 0.0496. The lowest BCUT2D eigenvalue weighted by molar-refractivity contribution is -0.212. The van der Waals surface area contributed by atoms with E-state index in [1.807, 2.05) is 69.3 Å². The van der Waals surface area contributed by atoms with Gasteiger partial charge in [-0.15, -0.1) is 0 Å². The molecule has 466 valence electrons. The van der Waals surface area contributed by atoms with Crippen LogP contribution in [0.5, 0.6) is 23.0 Å². The molecule has 0 aliphatic heterocycles. The molecule has 0 heterocycles. The maximum absolute atomic E-state index is 12.6. The Bertz CT molecular complexity index is 2520. The summed E-state index contributed by atoms with van der Waals surface area (Å²) in [5, 5.41) is 0. The highest BCUT2D eigenvalue weighted by molar-refractivity contribution is 5.72. The van der Waals surface area contributed by atoms with Crippen LogP contribution in [-0.2, 0) is 28.6 Å². The van der Waals surface area contributed by atoms with Gasteiger partial charge in [0.15, 0.2) is 19.8 Å². The number of carbonyl (C=O) groups is 3. The van der Waals surface area contributed by atoms with Crippen LogP contribution >= 0.6 is 0 Å². The molecule has 0 radical (unpaired) electrons. The van der Waals surface area contributed by atoms with Crippen LogP contribution in [0, 0.1) is 23.7 Å². The van der Waals surface area contributed by atoms with Gasteiger partial charge in [-0.1, -0.05) is 125 Å². The summed E-state index contributed by atoms with van der Waals surface area (Å²) >= 11 is 0. The number of hydrogen-bond donors (Lipinski definition) is 0. The smallest absolute Gasteiger partial charge is 0.344 e. The topological polar surface area (TPSA) is 116 Å². The van der Waals surface area contributed by atoms with Crippen LogP contribution in [0.25, 0.3) is 0 Å². The summed E-state index contributed by atoms with van der Waals surface area (Å²) in [6.45, 7) is 33.8. The van der Waals surface area contributed by atoms with Crippen LogP contribution in [-0.4, -0.2) is 60.1 Å². The summed E-state index contributed by atoms with van der Waals surface area (Å²) in [7, 11) is 0. The number of esters is 3. The van der Waals surface area contributed by atoms with E-state index >= 15 is 0 Å². The Balaban J connectivity index is 0.000000209. The van der Waals surface area contributed by atoms with Crippen molar-refractivity contribution in [2.75, 3.05) is 19.8 Å². The van der Waals surface area contributed by atoms with Crippen molar-refractivity contribution < 1.29 is 47.5 Å². The second-order valence-electron chi connectivity index (χ2n) is 26.5. The second kappa shape index (κ2) is 32.8. The van der Waals surface area contributed by atoms with Crippen molar-refractivity contribution in [1.29, 1.82) is 0 Å². The molecule has 10 nitrogen and oxygen atoms in total. The fourth-order valence-electron chi connectivity index (χ4n) is 12.5. The molecule has 9 rings (SSSR count). The zero-order valence-corrected chi connectivity index (χ0v) is 54.9. The first-order valence-corrected chi connectivity index (χ1v) is 32.5. The number of benzene rings is 4. The predicted octanol–water partition coefficient (Wildman–Crippen LogP) is 19.3. The Morgan fingerprint density at radius 3 is 1.10 bits per heavy atom. The van der Waals surface area contributed by atoms with Gasteiger partial charge < -0.3 is 33.2 Å². The zero-order valence-electron chi connectivity index (χ0n) is 54.9. The molecule has 5 fully saturated rings. The van der Waals surface area contributed by atoms with E-state index in [9.17, 15) is 14.4 Å². The fraction of sp³-hybridized carbons (Fsp3) is 0.635. The molecule has 5 aliphatic carbocycles.